The fourth-order valence-electron chi connectivity index (χ4n) is 3.18. The maximum atomic E-state index is 12.5. The van der Waals surface area contributed by atoms with E-state index in [1.165, 1.54) is 36.0 Å². The molecule has 0 aliphatic heterocycles. The Balaban J connectivity index is 1.75. The molecule has 3 aromatic rings. The lowest BCUT2D eigenvalue weighted by atomic mass is 10.2. The number of alkyl halides is 1. The van der Waals surface area contributed by atoms with Gasteiger partial charge in [0.1, 0.15) is 0 Å². The third-order valence-electron chi connectivity index (χ3n) is 5.04. The normalized spacial score (nSPS) is 11.7. The second kappa shape index (κ2) is 12.6. The molecule has 0 atom stereocenters. The lowest BCUT2D eigenvalue weighted by Gasteiger charge is -2.06. The Kier molecular flexibility index (Phi) is 9.52. The van der Waals surface area contributed by atoms with Gasteiger partial charge in [-0.2, -0.15) is 14.9 Å². The summed E-state index contributed by atoms with van der Waals surface area (Å²) >= 11 is 3.38. The van der Waals surface area contributed by atoms with E-state index in [0.29, 0.717) is 17.9 Å². The van der Waals surface area contributed by atoms with E-state index >= 15 is 0 Å². The Morgan fingerprint density at radius 2 is 1.71 bits per heavy atom. The number of carbonyl (C=O) groups is 1. The fourth-order valence-corrected chi connectivity index (χ4v) is 4.65. The second-order valence-corrected chi connectivity index (χ2v) is 10.1. The number of nitrogens with one attached hydrogen (secondary N) is 2. The first-order valence-corrected chi connectivity index (χ1v) is 13.6. The first-order valence-electron chi connectivity index (χ1n) is 11.0. The molecule has 10 nitrogen and oxygen atoms in total. The zero-order valence-electron chi connectivity index (χ0n) is 19.2. The van der Waals surface area contributed by atoms with Crippen molar-refractivity contribution in [3.8, 4) is 11.6 Å². The van der Waals surface area contributed by atoms with E-state index in [4.69, 9.17) is 0 Å². The van der Waals surface area contributed by atoms with Gasteiger partial charge in [0.25, 0.3) is 5.91 Å². The predicted molar refractivity (Wildman–Crippen MR) is 137 cm³/mol. The first kappa shape index (κ1) is 26.5. The van der Waals surface area contributed by atoms with E-state index in [0.717, 1.165) is 31.0 Å². The Bertz CT molecular complexity index is 1260. The van der Waals surface area contributed by atoms with Gasteiger partial charge in [-0.05, 0) is 49.2 Å². The smallest absolute Gasteiger partial charge is 0.274 e. The molecule has 0 aliphatic rings. The average Bonchev–Trinajstić information content (AvgIpc) is 3.21. The van der Waals surface area contributed by atoms with Crippen LogP contribution in [0.15, 0.2) is 69.7 Å². The highest BCUT2D eigenvalue weighted by Crippen LogP contribution is 2.34. The van der Waals surface area contributed by atoms with Crippen LogP contribution in [-0.2, 0) is 10.0 Å². The molecule has 0 radical (unpaired) electrons. The van der Waals surface area contributed by atoms with Crippen molar-refractivity contribution in [3.05, 3.63) is 60.3 Å². The minimum atomic E-state index is -3.63. The summed E-state index contributed by atoms with van der Waals surface area (Å²) in [6, 6.07) is 14.6. The van der Waals surface area contributed by atoms with Crippen LogP contribution < -0.4 is 10.0 Å². The lowest BCUT2D eigenvalue weighted by molar-refractivity contribution is 0.0958. The van der Waals surface area contributed by atoms with Crippen LogP contribution in [0.25, 0.3) is 5.69 Å². The topological polar surface area (TPSA) is 138 Å². The summed E-state index contributed by atoms with van der Waals surface area (Å²) in [6.45, 7) is 0.374. The van der Waals surface area contributed by atoms with E-state index in [9.17, 15) is 18.3 Å². The van der Waals surface area contributed by atoms with Crippen LogP contribution in [-0.4, -0.2) is 48.1 Å². The van der Waals surface area contributed by atoms with E-state index in [2.05, 4.69) is 41.3 Å². The van der Waals surface area contributed by atoms with Gasteiger partial charge in [-0.3, -0.25) is 4.79 Å². The molecule has 1 amide bonds. The number of azo groups is 1. The molecule has 35 heavy (non-hydrogen) atoms. The summed E-state index contributed by atoms with van der Waals surface area (Å²) in [5.41, 5.74) is 0.679. The molecule has 12 heteroatoms. The third-order valence-corrected chi connectivity index (χ3v) is 7.08. The lowest BCUT2D eigenvalue weighted by Crippen LogP contribution is -2.24. The van der Waals surface area contributed by atoms with Gasteiger partial charge in [0.2, 0.25) is 15.9 Å². The largest absolute Gasteiger partial charge is 0.492 e. The van der Waals surface area contributed by atoms with Crippen LogP contribution in [0.1, 0.15) is 36.2 Å². The van der Waals surface area contributed by atoms with E-state index in [-0.39, 0.29) is 22.2 Å². The van der Waals surface area contributed by atoms with Crippen LogP contribution in [0.4, 0.5) is 11.4 Å². The number of unbranched alkanes of at least 4 members (excludes halogenated alkanes) is 3. The number of carbonyl (C=O) groups excluding carboxylic acids is 1. The molecule has 0 saturated carbocycles. The number of aromatic hydroxyl groups is 1. The number of benzene rings is 2. The van der Waals surface area contributed by atoms with Crippen LogP contribution in [0, 0.1) is 0 Å². The molecule has 1 heterocycles. The molecule has 0 fully saturated rings. The number of sulfonamides is 1. The minimum Gasteiger partial charge on any atom is -0.492 e. The maximum Gasteiger partial charge on any atom is 0.274 e. The van der Waals surface area contributed by atoms with Crippen LogP contribution >= 0.6 is 15.9 Å². The van der Waals surface area contributed by atoms with Crippen LogP contribution in [0.3, 0.4) is 0 Å². The van der Waals surface area contributed by atoms with Crippen LogP contribution in [0.2, 0.25) is 0 Å². The molecule has 3 rings (SSSR count). The molecule has 0 bridgehead atoms. The minimum absolute atomic E-state index is 0.0999. The van der Waals surface area contributed by atoms with Crippen molar-refractivity contribution in [1.29, 1.82) is 0 Å². The highest BCUT2D eigenvalue weighted by Gasteiger charge is 2.23. The van der Waals surface area contributed by atoms with Gasteiger partial charge in [-0.25, -0.2) is 13.1 Å². The summed E-state index contributed by atoms with van der Waals surface area (Å²) in [5.74, 6) is -0.887. The number of para-hydroxylation sites is 1. The van der Waals surface area contributed by atoms with E-state index < -0.39 is 15.9 Å². The van der Waals surface area contributed by atoms with Gasteiger partial charge >= 0.3 is 0 Å². The number of halogens is 1. The highest BCUT2D eigenvalue weighted by atomic mass is 79.9. The zero-order chi connectivity index (χ0) is 25.3. The SMILES string of the molecule is CNC(=O)c1nn(-c2ccccc2)c(O)c1N=Nc1ccc(S(=O)(=O)NCCCCCCBr)cc1. The monoisotopic (exact) mass is 562 g/mol. The summed E-state index contributed by atoms with van der Waals surface area (Å²) in [5, 5.41) is 26.3. The predicted octanol–water partition coefficient (Wildman–Crippen LogP) is 4.59. The Hall–Kier alpha value is -3.09. The molecule has 0 spiro atoms. The Morgan fingerprint density at radius 1 is 1.03 bits per heavy atom. The summed E-state index contributed by atoms with van der Waals surface area (Å²) in [7, 11) is -2.19. The molecule has 0 saturated heterocycles. The van der Waals surface area contributed by atoms with Gasteiger partial charge in [0.15, 0.2) is 11.4 Å². The fraction of sp³-hybridized carbons (Fsp3) is 0.304. The molecular formula is C23H27BrN6O4S. The van der Waals surface area contributed by atoms with Crippen molar-refractivity contribution in [3.63, 3.8) is 0 Å². The van der Waals surface area contributed by atoms with Gasteiger partial charge < -0.3 is 10.4 Å². The molecule has 1 aromatic heterocycles. The number of hydrogen-bond acceptors (Lipinski definition) is 7. The molecule has 3 N–H and O–H groups in total. The standard InChI is InChI=1S/C23H27BrN6O4S/c1-25-22(31)20-21(23(32)30(29-20)18-9-5-4-6-10-18)28-27-17-11-13-19(14-12-17)35(33,34)26-16-8-3-2-7-15-24/h4-6,9-14,26,32H,2-3,7-8,15-16H2,1H3,(H,25,31). The molecule has 186 valence electrons. The molecular weight excluding hydrogens is 536 g/mol. The van der Waals surface area contributed by atoms with Gasteiger partial charge in [0, 0.05) is 18.9 Å². The number of amides is 1. The highest BCUT2D eigenvalue weighted by molar-refractivity contribution is 9.09. The van der Waals surface area contributed by atoms with Gasteiger partial charge in [0.05, 0.1) is 16.3 Å². The summed E-state index contributed by atoms with van der Waals surface area (Å²) in [6.07, 6.45) is 3.85. The zero-order valence-corrected chi connectivity index (χ0v) is 21.6. The Morgan fingerprint density at radius 3 is 2.37 bits per heavy atom. The quantitative estimate of drug-likeness (QED) is 0.168. The van der Waals surface area contributed by atoms with Crippen molar-refractivity contribution in [2.24, 2.45) is 10.2 Å². The van der Waals surface area contributed by atoms with E-state index in [1.807, 2.05) is 6.07 Å². The van der Waals surface area contributed by atoms with Crippen LogP contribution in [0.5, 0.6) is 5.88 Å². The summed E-state index contributed by atoms with van der Waals surface area (Å²) in [4.78, 5) is 12.4. The first-order chi connectivity index (χ1) is 16.9. The molecule has 0 unspecified atom stereocenters. The summed E-state index contributed by atoms with van der Waals surface area (Å²) < 4.78 is 28.8. The second-order valence-electron chi connectivity index (χ2n) is 7.54. The van der Waals surface area contributed by atoms with Crippen molar-refractivity contribution >= 4 is 43.2 Å². The van der Waals surface area contributed by atoms with Gasteiger partial charge in [-0.15, -0.1) is 5.11 Å². The van der Waals surface area contributed by atoms with Crippen molar-refractivity contribution in [1.82, 2.24) is 19.8 Å². The Labute approximate surface area is 212 Å². The van der Waals surface area contributed by atoms with Crippen molar-refractivity contribution in [2.45, 2.75) is 30.6 Å². The number of nitrogens with zero attached hydrogens (tertiary/aromatic N) is 4. The van der Waals surface area contributed by atoms with E-state index in [1.54, 1.807) is 24.3 Å². The molecule has 2 aromatic carbocycles. The maximum absolute atomic E-state index is 12.5. The van der Waals surface area contributed by atoms with Crippen molar-refractivity contribution in [2.75, 3.05) is 18.9 Å². The number of rotatable bonds is 12. The number of hydrogen-bond donors (Lipinski definition) is 3. The average molecular weight is 563 g/mol. The molecule has 0 aliphatic carbocycles. The third kappa shape index (κ3) is 6.96. The number of aromatic nitrogens is 2. The van der Waals surface area contributed by atoms with Crippen molar-refractivity contribution < 1.29 is 18.3 Å². The van der Waals surface area contributed by atoms with Gasteiger partial charge in [-0.1, -0.05) is 47.0 Å².